The number of carboxylic acid groups (broad SMARTS) is 1. The second-order valence-corrected chi connectivity index (χ2v) is 4.22. The molecule has 0 saturated carbocycles. The summed E-state index contributed by atoms with van der Waals surface area (Å²) in [5.41, 5.74) is -0.564. The summed E-state index contributed by atoms with van der Waals surface area (Å²) >= 11 is 0. The van der Waals surface area contributed by atoms with E-state index < -0.39 is 10.9 Å². The maximum absolute atomic E-state index is 10.9. The molecule has 3 N–H and O–H groups in total. The summed E-state index contributed by atoms with van der Waals surface area (Å²) in [7, 11) is 0. The Kier molecular flexibility index (Phi) is 6.38. The average Bonchev–Trinajstić information content (AvgIpc) is 2.42. The van der Waals surface area contributed by atoms with Crippen LogP contribution in [0.15, 0.2) is 12.3 Å². The van der Waals surface area contributed by atoms with Crippen molar-refractivity contribution in [1.82, 2.24) is 4.98 Å². The highest BCUT2D eigenvalue weighted by Gasteiger charge is 2.18. The lowest BCUT2D eigenvalue weighted by molar-refractivity contribution is -0.384. The van der Waals surface area contributed by atoms with Gasteiger partial charge in [0.1, 0.15) is 0 Å². The van der Waals surface area contributed by atoms with Crippen molar-refractivity contribution in [1.29, 1.82) is 0 Å². The van der Waals surface area contributed by atoms with E-state index in [1.807, 2.05) is 0 Å². The van der Waals surface area contributed by atoms with Crippen molar-refractivity contribution in [3.63, 3.8) is 0 Å². The topological polar surface area (TPSA) is 126 Å². The van der Waals surface area contributed by atoms with Crippen molar-refractivity contribution in [3.8, 4) is 0 Å². The molecule has 0 aliphatic carbocycles. The molecule has 1 rings (SSSR count). The van der Waals surface area contributed by atoms with Crippen molar-refractivity contribution in [3.05, 3.63) is 27.9 Å². The molecule has 0 fully saturated rings. The van der Waals surface area contributed by atoms with Gasteiger partial charge in [-0.25, -0.2) is 9.78 Å². The minimum atomic E-state index is -1.25. The van der Waals surface area contributed by atoms with Gasteiger partial charge in [-0.05, 0) is 12.8 Å². The van der Waals surface area contributed by atoms with Crippen LogP contribution < -0.4 is 5.32 Å². The van der Waals surface area contributed by atoms with Gasteiger partial charge in [-0.15, -0.1) is 0 Å². The second kappa shape index (κ2) is 8.05. The number of aliphatic hydroxyl groups excluding tert-OH is 1. The van der Waals surface area contributed by atoms with Crippen LogP contribution in [0.4, 0.5) is 11.5 Å². The molecular weight excluding hydrogens is 266 g/mol. The van der Waals surface area contributed by atoms with E-state index in [4.69, 9.17) is 10.2 Å². The van der Waals surface area contributed by atoms with Gasteiger partial charge in [-0.1, -0.05) is 12.8 Å². The number of nitrogens with one attached hydrogen (secondary N) is 1. The number of aromatic nitrogens is 1. The minimum Gasteiger partial charge on any atom is -0.478 e. The van der Waals surface area contributed by atoms with Crippen molar-refractivity contribution in [2.45, 2.75) is 25.7 Å². The molecule has 1 aromatic heterocycles. The van der Waals surface area contributed by atoms with E-state index in [0.29, 0.717) is 6.54 Å². The van der Waals surface area contributed by atoms with E-state index in [1.165, 1.54) is 0 Å². The van der Waals surface area contributed by atoms with Gasteiger partial charge in [0.25, 0.3) is 0 Å². The Morgan fingerprint density at radius 2 is 2.05 bits per heavy atom. The third-order valence-electron chi connectivity index (χ3n) is 2.69. The average molecular weight is 283 g/mol. The molecule has 0 spiro atoms. The normalized spacial score (nSPS) is 10.2. The lowest BCUT2D eigenvalue weighted by Crippen LogP contribution is -2.08. The van der Waals surface area contributed by atoms with E-state index >= 15 is 0 Å². The molecule has 0 radical (unpaired) electrons. The zero-order valence-electron chi connectivity index (χ0n) is 10.9. The van der Waals surface area contributed by atoms with Crippen LogP contribution in [0, 0.1) is 10.1 Å². The fourth-order valence-corrected chi connectivity index (χ4v) is 1.64. The van der Waals surface area contributed by atoms with Crippen LogP contribution in [0.3, 0.4) is 0 Å². The summed E-state index contributed by atoms with van der Waals surface area (Å²) in [5, 5.41) is 31.1. The first kappa shape index (κ1) is 15.8. The summed E-state index contributed by atoms with van der Waals surface area (Å²) in [6.45, 7) is 0.669. The van der Waals surface area contributed by atoms with Gasteiger partial charge >= 0.3 is 11.7 Å². The fraction of sp³-hybridized carbons (Fsp3) is 0.500. The highest BCUT2D eigenvalue weighted by molar-refractivity contribution is 5.88. The Hall–Kier alpha value is -2.22. The van der Waals surface area contributed by atoms with Gasteiger partial charge in [0.15, 0.2) is 0 Å². The first-order valence-electron chi connectivity index (χ1n) is 6.28. The Morgan fingerprint density at radius 1 is 1.35 bits per heavy atom. The second-order valence-electron chi connectivity index (χ2n) is 4.22. The zero-order chi connectivity index (χ0) is 15.0. The molecule has 0 aliphatic rings. The van der Waals surface area contributed by atoms with Crippen molar-refractivity contribution in [2.75, 3.05) is 18.5 Å². The fourth-order valence-electron chi connectivity index (χ4n) is 1.64. The molecule has 110 valence electrons. The number of pyridine rings is 1. The molecule has 0 aliphatic heterocycles. The third-order valence-corrected chi connectivity index (χ3v) is 2.69. The highest BCUT2D eigenvalue weighted by atomic mass is 16.6. The number of carbonyl (C=O) groups is 1. The molecule has 0 unspecified atom stereocenters. The van der Waals surface area contributed by atoms with Crippen molar-refractivity contribution in [2.24, 2.45) is 0 Å². The molecular formula is C12H17N3O5. The zero-order valence-corrected chi connectivity index (χ0v) is 10.9. The number of carboxylic acids is 1. The first-order valence-corrected chi connectivity index (χ1v) is 6.28. The van der Waals surface area contributed by atoms with E-state index in [1.54, 1.807) is 0 Å². The molecule has 8 heteroatoms. The predicted octanol–water partition coefficient (Wildman–Crippen LogP) is 1.65. The molecule has 8 nitrogen and oxygen atoms in total. The van der Waals surface area contributed by atoms with E-state index in [-0.39, 0.29) is 23.7 Å². The monoisotopic (exact) mass is 283 g/mol. The summed E-state index contributed by atoms with van der Waals surface area (Å²) in [6, 6.07) is 0.990. The standard InChI is InChI=1S/C12H17N3O5/c16-6-4-2-1-3-5-13-11-10(15(19)20)7-9(8-14-11)12(17)18/h7-8,16H,1-6H2,(H,13,14)(H,17,18). The SMILES string of the molecule is O=C(O)c1cnc(NCCCCCCO)c([N+](=O)[O-])c1. The number of nitro groups is 1. The maximum atomic E-state index is 10.9. The summed E-state index contributed by atoms with van der Waals surface area (Å²) in [6.07, 6.45) is 4.41. The van der Waals surface area contributed by atoms with E-state index in [2.05, 4.69) is 10.3 Å². The number of aromatic carboxylic acids is 1. The molecule has 0 aromatic carbocycles. The number of anilines is 1. The van der Waals surface area contributed by atoms with E-state index in [9.17, 15) is 14.9 Å². The van der Waals surface area contributed by atoms with Gasteiger partial charge in [-0.3, -0.25) is 10.1 Å². The van der Waals surface area contributed by atoms with Crippen LogP contribution in [0.5, 0.6) is 0 Å². The van der Waals surface area contributed by atoms with Crippen LogP contribution in [0.1, 0.15) is 36.0 Å². The molecule has 0 bridgehead atoms. The molecule has 0 amide bonds. The molecule has 1 aromatic rings. The van der Waals surface area contributed by atoms with Crippen molar-refractivity contribution < 1.29 is 19.9 Å². The number of hydrogen-bond acceptors (Lipinski definition) is 6. The maximum Gasteiger partial charge on any atom is 0.337 e. The molecule has 20 heavy (non-hydrogen) atoms. The van der Waals surface area contributed by atoms with Crippen LogP contribution in [-0.4, -0.2) is 39.2 Å². The Morgan fingerprint density at radius 3 is 2.65 bits per heavy atom. The Balaban J connectivity index is 2.60. The van der Waals surface area contributed by atoms with Gasteiger partial charge in [0, 0.05) is 25.4 Å². The van der Waals surface area contributed by atoms with E-state index in [0.717, 1.165) is 37.9 Å². The number of nitrogens with zero attached hydrogens (tertiary/aromatic N) is 2. The van der Waals surface area contributed by atoms with Crippen LogP contribution in [-0.2, 0) is 0 Å². The Labute approximate surface area is 115 Å². The highest BCUT2D eigenvalue weighted by Crippen LogP contribution is 2.22. The number of aliphatic hydroxyl groups is 1. The Bertz CT molecular complexity index is 478. The van der Waals surface area contributed by atoms with Gasteiger partial charge in [0.05, 0.1) is 10.5 Å². The summed E-state index contributed by atoms with van der Waals surface area (Å²) in [4.78, 5) is 24.7. The van der Waals surface area contributed by atoms with Gasteiger partial charge in [-0.2, -0.15) is 0 Å². The first-order chi connectivity index (χ1) is 9.56. The number of unbranched alkanes of at least 4 members (excludes halogenated alkanes) is 3. The molecule has 0 saturated heterocycles. The van der Waals surface area contributed by atoms with Crippen molar-refractivity contribution >= 4 is 17.5 Å². The lowest BCUT2D eigenvalue weighted by atomic mass is 10.2. The third kappa shape index (κ3) is 4.81. The molecule has 0 atom stereocenters. The quantitative estimate of drug-likeness (QED) is 0.357. The van der Waals surface area contributed by atoms with Gasteiger partial charge in [0.2, 0.25) is 5.82 Å². The summed E-state index contributed by atoms with van der Waals surface area (Å²) < 4.78 is 0. The molecule has 1 heterocycles. The smallest absolute Gasteiger partial charge is 0.337 e. The van der Waals surface area contributed by atoms with Crippen LogP contribution >= 0.6 is 0 Å². The predicted molar refractivity (Wildman–Crippen MR) is 71.9 cm³/mol. The van der Waals surface area contributed by atoms with Gasteiger partial charge < -0.3 is 15.5 Å². The minimum absolute atomic E-state index is 0.0714. The van der Waals surface area contributed by atoms with Crippen LogP contribution in [0.2, 0.25) is 0 Å². The van der Waals surface area contributed by atoms with Crippen LogP contribution in [0.25, 0.3) is 0 Å². The summed E-state index contributed by atoms with van der Waals surface area (Å²) in [5.74, 6) is -1.18. The number of rotatable bonds is 9. The number of hydrogen-bond donors (Lipinski definition) is 3. The largest absolute Gasteiger partial charge is 0.478 e. The lowest BCUT2D eigenvalue weighted by Gasteiger charge is -2.06.